The van der Waals surface area contributed by atoms with Crippen molar-refractivity contribution in [2.24, 2.45) is 23.5 Å². The second-order valence-electron chi connectivity index (χ2n) is 7.28. The highest BCUT2D eigenvalue weighted by Gasteiger charge is 2.45. The van der Waals surface area contributed by atoms with Crippen molar-refractivity contribution in [2.75, 3.05) is 33.2 Å². The Labute approximate surface area is 154 Å². The lowest BCUT2D eigenvalue weighted by molar-refractivity contribution is -0.123. The second kappa shape index (κ2) is 7.35. The molecular formula is C18H24N4O3S. The van der Waals surface area contributed by atoms with E-state index in [1.165, 1.54) is 16.4 Å². The van der Waals surface area contributed by atoms with Gasteiger partial charge in [0, 0.05) is 13.1 Å². The van der Waals surface area contributed by atoms with E-state index < -0.39 is 21.8 Å². The molecule has 0 unspecified atom stereocenters. The number of rotatable bonds is 4. The Morgan fingerprint density at radius 2 is 1.96 bits per heavy atom. The molecule has 0 spiro atoms. The minimum absolute atomic E-state index is 0.0462. The van der Waals surface area contributed by atoms with Crippen molar-refractivity contribution in [3.63, 3.8) is 0 Å². The van der Waals surface area contributed by atoms with Crippen LogP contribution in [0.1, 0.15) is 18.4 Å². The lowest BCUT2D eigenvalue weighted by Gasteiger charge is -2.34. The molecule has 8 heteroatoms. The molecule has 2 N–H and O–H groups in total. The number of piperidine rings is 1. The number of amides is 1. The molecule has 2 heterocycles. The zero-order valence-corrected chi connectivity index (χ0v) is 15.7. The van der Waals surface area contributed by atoms with Gasteiger partial charge in [-0.25, -0.2) is 8.42 Å². The molecule has 2 aliphatic heterocycles. The lowest BCUT2D eigenvalue weighted by atomic mass is 9.78. The second-order valence-corrected chi connectivity index (χ2v) is 9.21. The molecule has 2 aliphatic rings. The largest absolute Gasteiger partial charge is 0.369 e. The summed E-state index contributed by atoms with van der Waals surface area (Å²) in [6.45, 7) is 2.32. The molecule has 2 saturated heterocycles. The number of carbonyl (C=O) groups excluding carboxylic acids is 1. The highest BCUT2D eigenvalue weighted by Crippen LogP contribution is 2.37. The van der Waals surface area contributed by atoms with E-state index in [-0.39, 0.29) is 17.4 Å². The normalized spacial score (nSPS) is 25.8. The van der Waals surface area contributed by atoms with Crippen molar-refractivity contribution < 1.29 is 13.2 Å². The molecular weight excluding hydrogens is 352 g/mol. The van der Waals surface area contributed by atoms with Gasteiger partial charge in [0.1, 0.15) is 0 Å². The van der Waals surface area contributed by atoms with Crippen LogP contribution in [0.3, 0.4) is 0 Å². The summed E-state index contributed by atoms with van der Waals surface area (Å²) in [5.74, 6) is -0.640. The Hall–Kier alpha value is -1.95. The van der Waals surface area contributed by atoms with E-state index in [1.807, 2.05) is 6.07 Å². The summed E-state index contributed by atoms with van der Waals surface area (Å²) in [7, 11) is -1.69. The number of primary amides is 1. The molecule has 1 aromatic rings. The first-order valence-corrected chi connectivity index (χ1v) is 10.2. The van der Waals surface area contributed by atoms with Gasteiger partial charge in [-0.05, 0) is 63.0 Å². The first kappa shape index (κ1) is 18.8. The molecule has 1 aromatic carbocycles. The molecule has 2 fully saturated rings. The van der Waals surface area contributed by atoms with Crippen molar-refractivity contribution in [2.45, 2.75) is 17.7 Å². The van der Waals surface area contributed by atoms with Gasteiger partial charge in [-0.15, -0.1) is 0 Å². The van der Waals surface area contributed by atoms with Gasteiger partial charge in [0.15, 0.2) is 0 Å². The zero-order chi connectivity index (χ0) is 18.9. The van der Waals surface area contributed by atoms with E-state index in [9.17, 15) is 13.2 Å². The predicted molar refractivity (Wildman–Crippen MR) is 96.3 cm³/mol. The van der Waals surface area contributed by atoms with Crippen molar-refractivity contribution >= 4 is 15.9 Å². The molecule has 2 atom stereocenters. The molecule has 7 nitrogen and oxygen atoms in total. The topological polar surface area (TPSA) is 108 Å². The minimum atomic E-state index is -3.76. The summed E-state index contributed by atoms with van der Waals surface area (Å²) in [5, 5.41) is 9.02. The van der Waals surface area contributed by atoms with E-state index in [0.29, 0.717) is 18.0 Å². The molecule has 1 amide bonds. The molecule has 0 radical (unpaired) electrons. The van der Waals surface area contributed by atoms with Crippen molar-refractivity contribution in [1.82, 2.24) is 9.21 Å². The Morgan fingerprint density at radius 3 is 2.58 bits per heavy atom. The molecule has 140 valence electrons. The van der Waals surface area contributed by atoms with Crippen molar-refractivity contribution in [3.05, 3.63) is 29.8 Å². The van der Waals surface area contributed by atoms with E-state index in [4.69, 9.17) is 11.0 Å². The van der Waals surface area contributed by atoms with Gasteiger partial charge < -0.3 is 10.6 Å². The summed E-state index contributed by atoms with van der Waals surface area (Å²) in [6.07, 6.45) is 1.89. The number of nitriles is 1. The fourth-order valence-corrected chi connectivity index (χ4v) is 5.65. The maximum Gasteiger partial charge on any atom is 0.243 e. The smallest absolute Gasteiger partial charge is 0.243 e. The Balaban J connectivity index is 1.84. The Bertz CT molecular complexity index is 825. The van der Waals surface area contributed by atoms with Crippen LogP contribution in [0.2, 0.25) is 0 Å². The first-order valence-electron chi connectivity index (χ1n) is 8.81. The van der Waals surface area contributed by atoms with Crippen LogP contribution in [0.15, 0.2) is 29.2 Å². The van der Waals surface area contributed by atoms with Crippen LogP contribution in [0.25, 0.3) is 0 Å². The Morgan fingerprint density at radius 1 is 1.27 bits per heavy atom. The van der Waals surface area contributed by atoms with E-state index in [0.717, 1.165) is 25.9 Å². The fraction of sp³-hybridized carbons (Fsp3) is 0.556. The van der Waals surface area contributed by atoms with Crippen LogP contribution in [-0.2, 0) is 14.8 Å². The number of carbonyl (C=O) groups is 1. The van der Waals surface area contributed by atoms with E-state index in [2.05, 4.69) is 11.9 Å². The fourth-order valence-electron chi connectivity index (χ4n) is 4.10. The predicted octanol–water partition coefficient (Wildman–Crippen LogP) is 0.622. The van der Waals surface area contributed by atoms with E-state index in [1.54, 1.807) is 12.1 Å². The Kier molecular flexibility index (Phi) is 5.32. The van der Waals surface area contributed by atoms with Crippen LogP contribution in [0, 0.1) is 29.1 Å². The zero-order valence-electron chi connectivity index (χ0n) is 14.8. The summed E-state index contributed by atoms with van der Waals surface area (Å²) in [5.41, 5.74) is 5.89. The summed E-state index contributed by atoms with van der Waals surface area (Å²) >= 11 is 0. The standard InChI is InChI=1S/C18H24N4O3S/c1-21-7-5-14(6-8-21)16-11-22(12-17(16)18(20)23)26(24,25)15-4-2-3-13(9-15)10-19/h2-4,9,14,16-17H,5-8,11-12H2,1H3,(H2,20,23)/t16-,17+/m0/s1. The van der Waals surface area contributed by atoms with Crippen LogP contribution < -0.4 is 5.73 Å². The maximum atomic E-state index is 13.0. The number of likely N-dealkylation sites (tertiary alicyclic amines) is 1. The van der Waals surface area contributed by atoms with Gasteiger partial charge in [-0.1, -0.05) is 6.07 Å². The van der Waals surface area contributed by atoms with Crippen LogP contribution in [0.5, 0.6) is 0 Å². The summed E-state index contributed by atoms with van der Waals surface area (Å²) < 4.78 is 27.4. The summed E-state index contributed by atoms with van der Waals surface area (Å²) in [4.78, 5) is 14.3. The molecule has 0 saturated carbocycles. The van der Waals surface area contributed by atoms with Crippen molar-refractivity contribution in [1.29, 1.82) is 5.26 Å². The number of nitrogens with zero attached hydrogens (tertiary/aromatic N) is 3. The maximum absolute atomic E-state index is 13.0. The summed E-state index contributed by atoms with van der Waals surface area (Å²) in [6, 6.07) is 7.94. The number of benzene rings is 1. The SMILES string of the molecule is CN1CCC([C@@H]2CN(S(=O)(=O)c3cccc(C#N)c3)C[C@H]2C(N)=O)CC1. The number of nitrogens with two attached hydrogens (primary N) is 1. The number of sulfonamides is 1. The molecule has 0 bridgehead atoms. The highest BCUT2D eigenvalue weighted by molar-refractivity contribution is 7.89. The van der Waals surface area contributed by atoms with Gasteiger partial charge in [0.25, 0.3) is 0 Å². The van der Waals surface area contributed by atoms with Crippen molar-refractivity contribution in [3.8, 4) is 6.07 Å². The number of hydrogen-bond donors (Lipinski definition) is 1. The quantitative estimate of drug-likeness (QED) is 0.829. The third-order valence-corrected chi connectivity index (χ3v) is 7.49. The number of hydrogen-bond acceptors (Lipinski definition) is 5. The van der Waals surface area contributed by atoms with Crippen LogP contribution in [-0.4, -0.2) is 56.8 Å². The van der Waals surface area contributed by atoms with Gasteiger partial charge in [-0.3, -0.25) is 4.79 Å². The first-order chi connectivity index (χ1) is 12.3. The molecule has 0 aliphatic carbocycles. The van der Waals surface area contributed by atoms with Crippen LogP contribution in [0.4, 0.5) is 0 Å². The van der Waals surface area contributed by atoms with Gasteiger partial charge in [0.2, 0.25) is 15.9 Å². The average Bonchev–Trinajstić information content (AvgIpc) is 3.09. The lowest BCUT2D eigenvalue weighted by Crippen LogP contribution is -2.38. The van der Waals surface area contributed by atoms with Gasteiger partial charge in [-0.2, -0.15) is 9.57 Å². The monoisotopic (exact) mass is 376 g/mol. The molecule has 3 rings (SSSR count). The van der Waals surface area contributed by atoms with Gasteiger partial charge >= 0.3 is 0 Å². The highest BCUT2D eigenvalue weighted by atomic mass is 32.2. The average molecular weight is 376 g/mol. The van der Waals surface area contributed by atoms with Crippen LogP contribution >= 0.6 is 0 Å². The van der Waals surface area contributed by atoms with Gasteiger partial charge in [0.05, 0.1) is 22.4 Å². The van der Waals surface area contributed by atoms with E-state index >= 15 is 0 Å². The molecule has 26 heavy (non-hydrogen) atoms. The molecule has 0 aromatic heterocycles. The third-order valence-electron chi connectivity index (χ3n) is 5.67. The third kappa shape index (κ3) is 3.61. The minimum Gasteiger partial charge on any atom is -0.369 e.